The standard InChI is InChI=1S/C21H34N6O3/c1-14-20(30-16-9-4-3-5-10-16)24-11-17(26-14)19(22)18(27(2)23)12-25-21(28)29-13-15-7-6-8-15/h11,15-16H,3-10,12-13,22-23H2,1-2H3,(H,25,28)/b19-18-. The van der Waals surface area contributed by atoms with Crippen molar-refractivity contribution >= 4 is 11.8 Å². The van der Waals surface area contributed by atoms with E-state index in [0.29, 0.717) is 41.2 Å². The summed E-state index contributed by atoms with van der Waals surface area (Å²) in [5, 5.41) is 4.07. The number of hydrogen-bond acceptors (Lipinski definition) is 8. The average molecular weight is 419 g/mol. The third-order valence-electron chi connectivity index (χ3n) is 5.82. The zero-order chi connectivity index (χ0) is 21.5. The SMILES string of the molecule is Cc1nc(/C(N)=C(\CNC(=O)OCC2CCC2)N(C)N)cnc1OC1CCCCC1. The van der Waals surface area contributed by atoms with Gasteiger partial charge in [0.1, 0.15) is 17.5 Å². The molecule has 30 heavy (non-hydrogen) atoms. The van der Waals surface area contributed by atoms with E-state index in [4.69, 9.17) is 21.1 Å². The molecule has 0 saturated heterocycles. The first-order chi connectivity index (χ1) is 14.4. The van der Waals surface area contributed by atoms with Gasteiger partial charge in [0.15, 0.2) is 0 Å². The second kappa shape index (κ2) is 10.5. The Labute approximate surface area is 178 Å². The van der Waals surface area contributed by atoms with E-state index in [0.717, 1.165) is 25.7 Å². The minimum atomic E-state index is -0.479. The number of alkyl carbamates (subject to hydrolysis) is 1. The maximum atomic E-state index is 12.0. The van der Waals surface area contributed by atoms with Crippen molar-refractivity contribution in [2.24, 2.45) is 17.5 Å². The number of carbonyl (C=O) groups is 1. The van der Waals surface area contributed by atoms with Crippen LogP contribution in [0.15, 0.2) is 11.9 Å². The number of nitrogens with one attached hydrogen (secondary N) is 1. The molecule has 166 valence electrons. The molecule has 1 aromatic heterocycles. The molecule has 0 spiro atoms. The van der Waals surface area contributed by atoms with Gasteiger partial charge in [-0.2, -0.15) is 0 Å². The predicted molar refractivity (Wildman–Crippen MR) is 114 cm³/mol. The van der Waals surface area contributed by atoms with Crippen LogP contribution in [0.1, 0.15) is 62.8 Å². The highest BCUT2D eigenvalue weighted by Crippen LogP contribution is 2.26. The number of aryl methyl sites for hydroxylation is 1. The summed E-state index contributed by atoms with van der Waals surface area (Å²) < 4.78 is 11.3. The molecule has 0 atom stereocenters. The number of rotatable bonds is 8. The van der Waals surface area contributed by atoms with Crippen molar-refractivity contribution in [2.45, 2.75) is 64.4 Å². The lowest BCUT2D eigenvalue weighted by molar-refractivity contribution is 0.104. The smallest absolute Gasteiger partial charge is 0.407 e. The highest BCUT2D eigenvalue weighted by Gasteiger charge is 2.20. The molecule has 1 amide bonds. The second-order valence-electron chi connectivity index (χ2n) is 8.24. The molecule has 2 aliphatic rings. The molecule has 9 heteroatoms. The Balaban J connectivity index is 1.62. The number of nitrogens with two attached hydrogens (primary N) is 2. The number of hydrazine groups is 1. The van der Waals surface area contributed by atoms with E-state index < -0.39 is 6.09 Å². The van der Waals surface area contributed by atoms with Crippen LogP contribution in [0.3, 0.4) is 0 Å². The highest BCUT2D eigenvalue weighted by molar-refractivity contribution is 5.69. The van der Waals surface area contributed by atoms with Gasteiger partial charge in [-0.1, -0.05) is 12.8 Å². The molecule has 5 N–H and O–H groups in total. The normalized spacial score (nSPS) is 18.2. The molecule has 0 radical (unpaired) electrons. The summed E-state index contributed by atoms with van der Waals surface area (Å²) >= 11 is 0. The van der Waals surface area contributed by atoms with Crippen molar-refractivity contribution in [1.82, 2.24) is 20.3 Å². The molecule has 1 aromatic rings. The molecule has 0 unspecified atom stereocenters. The summed E-state index contributed by atoms with van der Waals surface area (Å²) in [5.74, 6) is 6.96. The number of ether oxygens (including phenoxy) is 2. The molecule has 9 nitrogen and oxygen atoms in total. The first-order valence-electron chi connectivity index (χ1n) is 10.8. The van der Waals surface area contributed by atoms with Crippen LogP contribution in [-0.2, 0) is 4.74 Å². The van der Waals surface area contributed by atoms with Crippen LogP contribution in [0.4, 0.5) is 4.79 Å². The first-order valence-corrected chi connectivity index (χ1v) is 10.8. The van der Waals surface area contributed by atoms with Crippen LogP contribution in [0.25, 0.3) is 5.70 Å². The Hall–Kier alpha value is -2.55. The van der Waals surface area contributed by atoms with Gasteiger partial charge in [0.2, 0.25) is 5.88 Å². The van der Waals surface area contributed by atoms with Crippen LogP contribution < -0.4 is 21.6 Å². The molecule has 0 aromatic carbocycles. The number of nitrogens with zero attached hydrogens (tertiary/aromatic N) is 3. The maximum Gasteiger partial charge on any atom is 0.407 e. The van der Waals surface area contributed by atoms with Gasteiger partial charge in [0, 0.05) is 7.05 Å². The van der Waals surface area contributed by atoms with Gasteiger partial charge in [0.25, 0.3) is 0 Å². The summed E-state index contributed by atoms with van der Waals surface area (Å²) in [7, 11) is 1.66. The van der Waals surface area contributed by atoms with Gasteiger partial charge < -0.3 is 25.5 Å². The zero-order valence-electron chi connectivity index (χ0n) is 18.0. The minimum Gasteiger partial charge on any atom is -0.473 e. The van der Waals surface area contributed by atoms with Crippen LogP contribution in [0.5, 0.6) is 5.88 Å². The fourth-order valence-electron chi connectivity index (χ4n) is 3.67. The molecular formula is C21H34N6O3. The number of amides is 1. The Morgan fingerprint density at radius 3 is 2.57 bits per heavy atom. The number of aromatic nitrogens is 2. The van der Waals surface area contributed by atoms with Gasteiger partial charge in [-0.3, -0.25) is 0 Å². The molecule has 2 fully saturated rings. The van der Waals surface area contributed by atoms with E-state index in [-0.39, 0.29) is 12.6 Å². The fraction of sp³-hybridized carbons (Fsp3) is 0.667. The lowest BCUT2D eigenvalue weighted by Crippen LogP contribution is -2.37. The Morgan fingerprint density at radius 1 is 1.23 bits per heavy atom. The van der Waals surface area contributed by atoms with Gasteiger partial charge in [-0.15, -0.1) is 0 Å². The summed E-state index contributed by atoms with van der Waals surface area (Å²) in [4.78, 5) is 20.9. The average Bonchev–Trinajstić information content (AvgIpc) is 2.69. The quantitative estimate of drug-likeness (QED) is 0.434. The van der Waals surface area contributed by atoms with E-state index in [2.05, 4.69) is 15.3 Å². The lowest BCUT2D eigenvalue weighted by Gasteiger charge is -2.25. The summed E-state index contributed by atoms with van der Waals surface area (Å²) in [6.45, 7) is 2.43. The second-order valence-corrected chi connectivity index (χ2v) is 8.24. The Kier molecular flexibility index (Phi) is 7.73. The summed E-state index contributed by atoms with van der Waals surface area (Å²) in [6.07, 6.45) is 10.5. The van der Waals surface area contributed by atoms with Crippen molar-refractivity contribution in [2.75, 3.05) is 20.2 Å². The molecule has 2 aliphatic carbocycles. The summed E-state index contributed by atoms with van der Waals surface area (Å²) in [5.41, 5.74) is 8.33. The van der Waals surface area contributed by atoms with Gasteiger partial charge in [0.05, 0.1) is 30.7 Å². The van der Waals surface area contributed by atoms with E-state index in [1.165, 1.54) is 30.7 Å². The van der Waals surface area contributed by atoms with Crippen molar-refractivity contribution < 1.29 is 14.3 Å². The van der Waals surface area contributed by atoms with Crippen molar-refractivity contribution in [3.8, 4) is 5.88 Å². The Bertz CT molecular complexity index is 757. The molecule has 2 saturated carbocycles. The topological polar surface area (TPSA) is 129 Å². The number of likely N-dealkylation sites (N-methyl/N-ethyl adjacent to an activating group) is 1. The van der Waals surface area contributed by atoms with Gasteiger partial charge >= 0.3 is 6.09 Å². The zero-order valence-corrected chi connectivity index (χ0v) is 18.0. The van der Waals surface area contributed by atoms with E-state index in [1.807, 2.05) is 6.92 Å². The number of hydrogen-bond donors (Lipinski definition) is 3. The first kappa shape index (κ1) is 22.1. The van der Waals surface area contributed by atoms with Crippen molar-refractivity contribution in [3.63, 3.8) is 0 Å². The largest absolute Gasteiger partial charge is 0.473 e. The molecular weight excluding hydrogens is 384 g/mol. The predicted octanol–water partition coefficient (Wildman–Crippen LogP) is 2.46. The monoisotopic (exact) mass is 418 g/mol. The summed E-state index contributed by atoms with van der Waals surface area (Å²) in [6, 6.07) is 0. The highest BCUT2D eigenvalue weighted by atomic mass is 16.5. The number of carbonyl (C=O) groups excluding carboxylic acids is 1. The van der Waals surface area contributed by atoms with Crippen molar-refractivity contribution in [1.29, 1.82) is 0 Å². The lowest BCUT2D eigenvalue weighted by atomic mass is 9.86. The fourth-order valence-corrected chi connectivity index (χ4v) is 3.67. The van der Waals surface area contributed by atoms with Crippen LogP contribution >= 0.6 is 0 Å². The van der Waals surface area contributed by atoms with Gasteiger partial charge in [-0.05, 0) is 51.4 Å². The van der Waals surface area contributed by atoms with Crippen LogP contribution in [0, 0.1) is 12.8 Å². The minimum absolute atomic E-state index is 0.128. The Morgan fingerprint density at radius 2 is 1.97 bits per heavy atom. The third kappa shape index (κ3) is 5.98. The van der Waals surface area contributed by atoms with Crippen molar-refractivity contribution in [3.05, 3.63) is 23.3 Å². The molecule has 0 aliphatic heterocycles. The van der Waals surface area contributed by atoms with Crippen LogP contribution in [0.2, 0.25) is 0 Å². The van der Waals surface area contributed by atoms with E-state index in [9.17, 15) is 4.79 Å². The molecule has 3 rings (SSSR count). The van der Waals surface area contributed by atoms with Gasteiger partial charge in [-0.25, -0.2) is 20.6 Å². The third-order valence-corrected chi connectivity index (χ3v) is 5.82. The van der Waals surface area contributed by atoms with Crippen LogP contribution in [-0.4, -0.2) is 47.4 Å². The maximum absolute atomic E-state index is 12.0. The van der Waals surface area contributed by atoms with E-state index >= 15 is 0 Å². The molecule has 1 heterocycles. The molecule has 0 bridgehead atoms. The van der Waals surface area contributed by atoms with E-state index in [1.54, 1.807) is 13.2 Å².